The van der Waals surface area contributed by atoms with Gasteiger partial charge >= 0.3 is 0 Å². The number of benzene rings is 3. The highest BCUT2D eigenvalue weighted by molar-refractivity contribution is 9.10. The van der Waals surface area contributed by atoms with Crippen molar-refractivity contribution in [1.29, 1.82) is 0 Å². The molecule has 1 atom stereocenters. The molecule has 0 bridgehead atoms. The fraction of sp³-hybridized carbons (Fsp3) is 0.276. The summed E-state index contributed by atoms with van der Waals surface area (Å²) in [7, 11) is 0. The van der Waals surface area contributed by atoms with Gasteiger partial charge in [-0.15, -0.1) is 0 Å². The lowest BCUT2D eigenvalue weighted by atomic mass is 10.1. The topological polar surface area (TPSA) is 55.2 Å². The number of carbonyl (C=O) groups excluding carboxylic acids is 1. The Bertz CT molecular complexity index is 1470. The van der Waals surface area contributed by atoms with Crippen LogP contribution in [0.2, 0.25) is 10.0 Å². The second-order valence-corrected chi connectivity index (χ2v) is 10.6. The van der Waals surface area contributed by atoms with Crippen LogP contribution in [0.3, 0.4) is 0 Å². The standard InChI is InChI=1S/C29H28BrCl2N3O2/c1-3-5-8-17-34(28(36)19-11-16-23(31)24(32)18-19)26(4-2)27-33-25-10-7-6-9-22(25)29(37)35(27)21-14-12-20(30)13-15-21/h6-7,9-16,18,26H,3-5,8,17H2,1-2H3. The van der Waals surface area contributed by atoms with Gasteiger partial charge in [0.1, 0.15) is 5.82 Å². The van der Waals surface area contributed by atoms with E-state index in [4.69, 9.17) is 28.2 Å². The first-order valence-corrected chi connectivity index (χ1v) is 13.9. The highest BCUT2D eigenvalue weighted by Gasteiger charge is 2.29. The van der Waals surface area contributed by atoms with E-state index in [0.717, 1.165) is 23.7 Å². The molecule has 37 heavy (non-hydrogen) atoms. The predicted molar refractivity (Wildman–Crippen MR) is 155 cm³/mol. The van der Waals surface area contributed by atoms with Gasteiger partial charge in [-0.25, -0.2) is 4.98 Å². The van der Waals surface area contributed by atoms with Crippen LogP contribution < -0.4 is 5.56 Å². The minimum absolute atomic E-state index is 0.170. The third-order valence-electron chi connectivity index (χ3n) is 6.38. The van der Waals surface area contributed by atoms with Gasteiger partial charge in [-0.3, -0.25) is 14.2 Å². The van der Waals surface area contributed by atoms with Crippen LogP contribution in [-0.2, 0) is 0 Å². The molecule has 0 aliphatic carbocycles. The molecule has 0 saturated heterocycles. The van der Waals surface area contributed by atoms with Crippen molar-refractivity contribution in [1.82, 2.24) is 14.5 Å². The molecule has 4 rings (SSSR count). The Hall–Kier alpha value is -2.67. The van der Waals surface area contributed by atoms with E-state index in [1.165, 1.54) is 0 Å². The number of para-hydroxylation sites is 1. The van der Waals surface area contributed by atoms with E-state index in [9.17, 15) is 9.59 Å². The first kappa shape index (κ1) is 27.4. The highest BCUT2D eigenvalue weighted by Crippen LogP contribution is 2.30. The first-order chi connectivity index (χ1) is 17.8. The Kier molecular flexibility index (Phi) is 9.06. The molecule has 0 N–H and O–H groups in total. The molecule has 0 radical (unpaired) electrons. The summed E-state index contributed by atoms with van der Waals surface area (Å²) in [6.45, 7) is 4.65. The van der Waals surface area contributed by atoms with Crippen molar-refractivity contribution in [2.24, 2.45) is 0 Å². The Morgan fingerprint density at radius 2 is 1.73 bits per heavy atom. The summed E-state index contributed by atoms with van der Waals surface area (Å²) in [6.07, 6.45) is 3.40. The van der Waals surface area contributed by atoms with Gasteiger partial charge in [-0.05, 0) is 67.4 Å². The van der Waals surface area contributed by atoms with Crippen LogP contribution in [0.4, 0.5) is 0 Å². The summed E-state index contributed by atoms with van der Waals surface area (Å²) < 4.78 is 2.54. The monoisotopic (exact) mass is 599 g/mol. The number of carbonyl (C=O) groups is 1. The molecule has 5 nitrogen and oxygen atoms in total. The Balaban J connectivity index is 1.92. The average Bonchev–Trinajstić information content (AvgIpc) is 2.90. The van der Waals surface area contributed by atoms with E-state index in [1.807, 2.05) is 54.3 Å². The van der Waals surface area contributed by atoms with Crippen LogP contribution in [-0.4, -0.2) is 26.9 Å². The maximum atomic E-state index is 13.9. The third-order valence-corrected chi connectivity index (χ3v) is 7.65. The zero-order valence-corrected chi connectivity index (χ0v) is 23.9. The van der Waals surface area contributed by atoms with E-state index in [1.54, 1.807) is 28.8 Å². The lowest BCUT2D eigenvalue weighted by Gasteiger charge is -2.32. The number of rotatable bonds is 9. The van der Waals surface area contributed by atoms with Crippen molar-refractivity contribution in [3.8, 4) is 5.69 Å². The molecule has 1 unspecified atom stereocenters. The number of nitrogens with zero attached hydrogens (tertiary/aromatic N) is 3. The molecule has 0 fully saturated rings. The fourth-order valence-electron chi connectivity index (χ4n) is 4.48. The summed E-state index contributed by atoms with van der Waals surface area (Å²) in [4.78, 5) is 34.5. The summed E-state index contributed by atoms with van der Waals surface area (Å²) in [5.41, 5.74) is 1.57. The summed E-state index contributed by atoms with van der Waals surface area (Å²) in [6, 6.07) is 19.3. The van der Waals surface area contributed by atoms with Crippen LogP contribution in [0.25, 0.3) is 16.6 Å². The molecule has 3 aromatic carbocycles. The summed E-state index contributed by atoms with van der Waals surface area (Å²) in [5.74, 6) is 0.352. The molecule has 4 aromatic rings. The van der Waals surface area contributed by atoms with Crippen molar-refractivity contribution >= 4 is 55.9 Å². The van der Waals surface area contributed by atoms with Gasteiger partial charge in [0, 0.05) is 16.6 Å². The lowest BCUT2D eigenvalue weighted by molar-refractivity contribution is 0.0655. The second kappa shape index (κ2) is 12.2. The lowest BCUT2D eigenvalue weighted by Crippen LogP contribution is -2.39. The summed E-state index contributed by atoms with van der Waals surface area (Å²) in [5, 5.41) is 1.24. The second-order valence-electron chi connectivity index (χ2n) is 8.86. The van der Waals surface area contributed by atoms with Crippen LogP contribution in [0, 0.1) is 0 Å². The molecule has 0 aliphatic heterocycles. The first-order valence-electron chi connectivity index (χ1n) is 12.4. The number of unbranched alkanes of at least 4 members (excludes halogenated alkanes) is 2. The molecule has 1 heterocycles. The molecule has 1 aromatic heterocycles. The van der Waals surface area contributed by atoms with Crippen LogP contribution in [0.1, 0.15) is 61.8 Å². The molecule has 192 valence electrons. The molecular formula is C29H28BrCl2N3O2. The number of aromatic nitrogens is 2. The SMILES string of the molecule is CCCCCN(C(=O)c1ccc(Cl)c(Cl)c1)C(CC)c1nc2ccccc2c(=O)n1-c1ccc(Br)cc1. The van der Waals surface area contributed by atoms with Crippen molar-refractivity contribution < 1.29 is 4.79 Å². The van der Waals surface area contributed by atoms with Crippen molar-refractivity contribution in [3.63, 3.8) is 0 Å². The van der Waals surface area contributed by atoms with Gasteiger partial charge in [0.05, 0.1) is 32.7 Å². The maximum absolute atomic E-state index is 13.9. The largest absolute Gasteiger partial charge is 0.328 e. The molecule has 0 saturated carbocycles. The van der Waals surface area contributed by atoms with Crippen LogP contribution >= 0.6 is 39.1 Å². The minimum Gasteiger partial charge on any atom is -0.328 e. The minimum atomic E-state index is -0.445. The zero-order valence-electron chi connectivity index (χ0n) is 20.8. The van der Waals surface area contributed by atoms with Gasteiger partial charge < -0.3 is 4.90 Å². The van der Waals surface area contributed by atoms with Crippen LogP contribution in [0.5, 0.6) is 0 Å². The van der Waals surface area contributed by atoms with Gasteiger partial charge in [-0.2, -0.15) is 0 Å². The molecular weight excluding hydrogens is 573 g/mol. The van der Waals surface area contributed by atoms with E-state index in [-0.39, 0.29) is 11.5 Å². The quantitative estimate of drug-likeness (QED) is 0.182. The molecule has 1 amide bonds. The predicted octanol–water partition coefficient (Wildman–Crippen LogP) is 8.24. The maximum Gasteiger partial charge on any atom is 0.266 e. The van der Waals surface area contributed by atoms with Gasteiger partial charge in [0.2, 0.25) is 0 Å². The average molecular weight is 601 g/mol. The van der Waals surface area contributed by atoms with E-state index < -0.39 is 6.04 Å². The Labute approximate surface area is 235 Å². The zero-order chi connectivity index (χ0) is 26.5. The number of hydrogen-bond donors (Lipinski definition) is 0. The normalized spacial score (nSPS) is 12.0. The van der Waals surface area contributed by atoms with Gasteiger partial charge in [0.25, 0.3) is 11.5 Å². The Morgan fingerprint density at radius 1 is 1.00 bits per heavy atom. The van der Waals surface area contributed by atoms with E-state index >= 15 is 0 Å². The number of amides is 1. The molecule has 0 spiro atoms. The van der Waals surface area contributed by atoms with Crippen molar-refractivity contribution in [2.75, 3.05) is 6.54 Å². The number of fused-ring (bicyclic) bond motifs is 1. The fourth-order valence-corrected chi connectivity index (χ4v) is 5.04. The molecule has 0 aliphatic rings. The number of halogens is 3. The van der Waals surface area contributed by atoms with E-state index in [2.05, 4.69) is 22.9 Å². The highest BCUT2D eigenvalue weighted by atomic mass is 79.9. The van der Waals surface area contributed by atoms with Crippen molar-refractivity contribution in [2.45, 2.75) is 45.6 Å². The third kappa shape index (κ3) is 5.92. The van der Waals surface area contributed by atoms with Gasteiger partial charge in [0.15, 0.2) is 0 Å². The number of hydrogen-bond acceptors (Lipinski definition) is 3. The molecule has 8 heteroatoms. The van der Waals surface area contributed by atoms with E-state index in [0.29, 0.717) is 51.0 Å². The summed E-state index contributed by atoms with van der Waals surface area (Å²) >= 11 is 15.9. The van der Waals surface area contributed by atoms with Crippen LogP contribution in [0.15, 0.2) is 76.0 Å². The Morgan fingerprint density at radius 3 is 2.41 bits per heavy atom. The van der Waals surface area contributed by atoms with Crippen molar-refractivity contribution in [3.05, 3.63) is 103 Å². The van der Waals surface area contributed by atoms with Gasteiger partial charge in [-0.1, -0.05) is 78.0 Å². The smallest absolute Gasteiger partial charge is 0.266 e.